The first kappa shape index (κ1) is 17.1. The molecule has 0 saturated carbocycles. The molecule has 5 heteroatoms. The van der Waals surface area contributed by atoms with Crippen LogP contribution in [0.25, 0.3) is 21.8 Å². The van der Waals surface area contributed by atoms with Gasteiger partial charge in [-0.15, -0.1) is 0 Å². The molecule has 0 bridgehead atoms. The average molecular weight is 338 g/mol. The number of para-hydroxylation sites is 1. The third-order valence-electron chi connectivity index (χ3n) is 4.49. The van der Waals surface area contributed by atoms with Gasteiger partial charge in [-0.1, -0.05) is 32.0 Å². The number of aliphatic carboxylic acids is 1. The lowest BCUT2D eigenvalue weighted by Gasteiger charge is -2.14. The molecule has 0 saturated heterocycles. The summed E-state index contributed by atoms with van der Waals surface area (Å²) in [7, 11) is 0. The van der Waals surface area contributed by atoms with Crippen LogP contribution in [0.2, 0.25) is 0 Å². The molecule has 130 valence electrons. The number of fused-ring (bicyclic) bond motifs is 3. The number of hydrogen-bond acceptors (Lipinski definition) is 3. The van der Waals surface area contributed by atoms with Crippen molar-refractivity contribution in [2.75, 3.05) is 0 Å². The summed E-state index contributed by atoms with van der Waals surface area (Å²) < 4.78 is 1.94. The number of nitrogens with zero attached hydrogens (tertiary/aromatic N) is 2. The van der Waals surface area contributed by atoms with Gasteiger partial charge in [-0.25, -0.2) is 0 Å². The summed E-state index contributed by atoms with van der Waals surface area (Å²) in [6, 6.07) is 9.85. The van der Waals surface area contributed by atoms with Crippen molar-refractivity contribution in [2.45, 2.75) is 33.2 Å². The van der Waals surface area contributed by atoms with Crippen LogP contribution in [0.1, 0.15) is 26.7 Å². The molecule has 0 aliphatic rings. The van der Waals surface area contributed by atoms with Crippen LogP contribution >= 0.6 is 0 Å². The van der Waals surface area contributed by atoms with E-state index in [1.54, 1.807) is 12.4 Å². The van der Waals surface area contributed by atoms with E-state index in [4.69, 9.17) is 0 Å². The third-order valence-corrected chi connectivity index (χ3v) is 4.49. The Hall–Kier alpha value is -2.69. The number of carboxylic acid groups (broad SMARTS) is 1. The van der Waals surface area contributed by atoms with Gasteiger partial charge in [0.05, 0.1) is 24.2 Å². The summed E-state index contributed by atoms with van der Waals surface area (Å²) in [6.45, 7) is 4.11. The van der Waals surface area contributed by atoms with Crippen molar-refractivity contribution >= 4 is 33.6 Å². The monoisotopic (exact) mass is 338 g/mol. The molecule has 0 radical (unpaired) electrons. The van der Waals surface area contributed by atoms with E-state index in [9.17, 15) is 14.7 Å². The third kappa shape index (κ3) is 3.55. The second kappa shape index (κ2) is 7.05. The SMILES string of the molecule is CC(C)C[C@H](CC(=O)Cn1c2ccccc2c2ccncc21)C(=O)O. The highest BCUT2D eigenvalue weighted by Gasteiger charge is 2.23. The van der Waals surface area contributed by atoms with Gasteiger partial charge in [0, 0.05) is 28.9 Å². The number of pyridine rings is 1. The second-order valence-corrected chi connectivity index (χ2v) is 6.90. The molecule has 0 spiro atoms. The van der Waals surface area contributed by atoms with E-state index in [0.29, 0.717) is 6.42 Å². The summed E-state index contributed by atoms with van der Waals surface area (Å²) in [5, 5.41) is 11.5. The molecule has 3 aromatic rings. The largest absolute Gasteiger partial charge is 0.481 e. The molecule has 0 aliphatic heterocycles. The Morgan fingerprint density at radius 3 is 2.56 bits per heavy atom. The van der Waals surface area contributed by atoms with Crippen LogP contribution in [0.15, 0.2) is 42.7 Å². The minimum Gasteiger partial charge on any atom is -0.481 e. The minimum absolute atomic E-state index is 0.0573. The van der Waals surface area contributed by atoms with Crippen LogP contribution in [0.3, 0.4) is 0 Å². The lowest BCUT2D eigenvalue weighted by molar-refractivity contribution is -0.144. The summed E-state index contributed by atoms with van der Waals surface area (Å²) in [5.74, 6) is -1.35. The minimum atomic E-state index is -0.897. The molecule has 2 heterocycles. The fraction of sp³-hybridized carbons (Fsp3) is 0.350. The van der Waals surface area contributed by atoms with Crippen molar-refractivity contribution in [2.24, 2.45) is 11.8 Å². The Kier molecular flexibility index (Phi) is 4.83. The molecule has 5 nitrogen and oxygen atoms in total. The van der Waals surface area contributed by atoms with Crippen LogP contribution in [-0.4, -0.2) is 26.4 Å². The van der Waals surface area contributed by atoms with Gasteiger partial charge in [0.2, 0.25) is 0 Å². The first-order valence-corrected chi connectivity index (χ1v) is 8.52. The number of carbonyl (C=O) groups is 2. The Balaban J connectivity index is 1.91. The smallest absolute Gasteiger partial charge is 0.306 e. The highest BCUT2D eigenvalue weighted by molar-refractivity contribution is 6.08. The first-order valence-electron chi connectivity index (χ1n) is 8.52. The molecule has 0 amide bonds. The topological polar surface area (TPSA) is 72.2 Å². The Morgan fingerprint density at radius 1 is 1.12 bits per heavy atom. The molecular formula is C20H22N2O3. The molecule has 3 rings (SSSR count). The van der Waals surface area contributed by atoms with Gasteiger partial charge in [0.1, 0.15) is 0 Å². The van der Waals surface area contributed by atoms with Gasteiger partial charge in [0.25, 0.3) is 0 Å². The van der Waals surface area contributed by atoms with E-state index in [-0.39, 0.29) is 24.7 Å². The maximum Gasteiger partial charge on any atom is 0.306 e. The van der Waals surface area contributed by atoms with Gasteiger partial charge in [0.15, 0.2) is 5.78 Å². The molecule has 25 heavy (non-hydrogen) atoms. The number of carbonyl (C=O) groups excluding carboxylic acids is 1. The predicted octanol–water partition coefficient (Wildman–Crippen LogP) is 3.90. The molecular weight excluding hydrogens is 316 g/mol. The van der Waals surface area contributed by atoms with Gasteiger partial charge in [-0.2, -0.15) is 0 Å². The summed E-state index contributed by atoms with van der Waals surface area (Å²) >= 11 is 0. The number of Topliss-reactive ketones (excluding diaryl/α,β-unsaturated/α-hetero) is 1. The van der Waals surface area contributed by atoms with E-state index < -0.39 is 11.9 Å². The van der Waals surface area contributed by atoms with Crippen molar-refractivity contribution in [3.8, 4) is 0 Å². The Bertz CT molecular complexity index is 874. The lowest BCUT2D eigenvalue weighted by Crippen LogP contribution is -2.22. The van der Waals surface area contributed by atoms with Crippen LogP contribution < -0.4 is 0 Å². The van der Waals surface area contributed by atoms with Gasteiger partial charge in [-0.3, -0.25) is 14.6 Å². The van der Waals surface area contributed by atoms with Gasteiger partial charge < -0.3 is 9.67 Å². The van der Waals surface area contributed by atoms with E-state index in [1.165, 1.54) is 0 Å². The van der Waals surface area contributed by atoms with Crippen molar-refractivity contribution in [3.63, 3.8) is 0 Å². The van der Waals surface area contributed by atoms with E-state index in [1.807, 2.05) is 48.7 Å². The zero-order valence-corrected chi connectivity index (χ0v) is 14.5. The summed E-state index contributed by atoms with van der Waals surface area (Å²) in [6.07, 6.45) is 4.06. The zero-order valence-electron chi connectivity index (χ0n) is 14.5. The van der Waals surface area contributed by atoms with Crippen molar-refractivity contribution < 1.29 is 14.7 Å². The standard InChI is InChI=1S/C20H22N2O3/c1-13(2)9-14(20(24)25)10-15(23)12-22-18-6-4-3-5-16(18)17-7-8-21-11-19(17)22/h3-8,11,13-14H,9-10,12H2,1-2H3,(H,24,25)/t14-/m1/s1. The fourth-order valence-corrected chi connectivity index (χ4v) is 3.42. The molecule has 2 aromatic heterocycles. The van der Waals surface area contributed by atoms with Crippen LogP contribution in [-0.2, 0) is 16.1 Å². The second-order valence-electron chi connectivity index (χ2n) is 6.90. The normalized spacial score (nSPS) is 12.8. The van der Waals surface area contributed by atoms with Crippen LogP contribution in [0, 0.1) is 11.8 Å². The fourth-order valence-electron chi connectivity index (χ4n) is 3.42. The lowest BCUT2D eigenvalue weighted by atomic mass is 9.92. The number of aromatic nitrogens is 2. The molecule has 1 atom stereocenters. The molecule has 1 aromatic carbocycles. The molecule has 0 fully saturated rings. The van der Waals surface area contributed by atoms with Crippen molar-refractivity contribution in [1.29, 1.82) is 0 Å². The summed E-state index contributed by atoms with van der Waals surface area (Å²) in [4.78, 5) is 28.2. The van der Waals surface area contributed by atoms with Crippen LogP contribution in [0.5, 0.6) is 0 Å². The average Bonchev–Trinajstić information content (AvgIpc) is 2.88. The Morgan fingerprint density at radius 2 is 1.84 bits per heavy atom. The quantitative estimate of drug-likeness (QED) is 0.709. The molecule has 0 unspecified atom stereocenters. The highest BCUT2D eigenvalue weighted by Crippen LogP contribution is 2.28. The maximum absolute atomic E-state index is 12.6. The van der Waals surface area contributed by atoms with Crippen molar-refractivity contribution in [1.82, 2.24) is 9.55 Å². The molecule has 1 N–H and O–H groups in total. The number of hydrogen-bond donors (Lipinski definition) is 1. The highest BCUT2D eigenvalue weighted by atomic mass is 16.4. The van der Waals surface area contributed by atoms with E-state index >= 15 is 0 Å². The van der Waals surface area contributed by atoms with Crippen LogP contribution in [0.4, 0.5) is 0 Å². The van der Waals surface area contributed by atoms with Gasteiger partial charge in [-0.05, 0) is 24.5 Å². The number of benzene rings is 1. The number of rotatable bonds is 7. The van der Waals surface area contributed by atoms with E-state index in [0.717, 1.165) is 21.8 Å². The predicted molar refractivity (Wildman–Crippen MR) is 97.4 cm³/mol. The zero-order chi connectivity index (χ0) is 18.0. The molecule has 0 aliphatic carbocycles. The first-order chi connectivity index (χ1) is 12.0. The van der Waals surface area contributed by atoms with Crippen molar-refractivity contribution in [3.05, 3.63) is 42.7 Å². The maximum atomic E-state index is 12.6. The Labute approximate surface area is 146 Å². The van der Waals surface area contributed by atoms with Gasteiger partial charge >= 0.3 is 5.97 Å². The van der Waals surface area contributed by atoms with E-state index in [2.05, 4.69) is 4.98 Å². The number of carboxylic acids is 1. The number of ketones is 1. The summed E-state index contributed by atoms with van der Waals surface area (Å²) in [5.41, 5.74) is 1.86.